The molecule has 1 heterocycles. The fourth-order valence-corrected chi connectivity index (χ4v) is 3.78. The smallest absolute Gasteiger partial charge is 0.319 e. The lowest BCUT2D eigenvalue weighted by Crippen LogP contribution is -2.28. The third-order valence-corrected chi connectivity index (χ3v) is 5.85. The first kappa shape index (κ1) is 19.5. The number of benzene rings is 2. The van der Waals surface area contributed by atoms with Crippen molar-refractivity contribution in [3.8, 4) is 0 Å². The van der Waals surface area contributed by atoms with Gasteiger partial charge in [0.05, 0.1) is 9.79 Å². The molecule has 0 spiro atoms. The second kappa shape index (κ2) is 8.64. The third-order valence-electron chi connectivity index (χ3n) is 4.07. The molecule has 3 aromatic rings. The Morgan fingerprint density at radius 2 is 1.57 bits per heavy atom. The van der Waals surface area contributed by atoms with Crippen LogP contribution in [0.2, 0.25) is 0 Å². The normalized spacial score (nSPS) is 11.0. The van der Waals surface area contributed by atoms with Crippen LogP contribution in [-0.2, 0) is 22.9 Å². The number of sulfone groups is 1. The summed E-state index contributed by atoms with van der Waals surface area (Å²) in [5.41, 5.74) is 7.76. The topological polar surface area (TPSA) is 114 Å². The van der Waals surface area contributed by atoms with Gasteiger partial charge < -0.3 is 16.4 Å². The van der Waals surface area contributed by atoms with E-state index < -0.39 is 15.9 Å². The largest absolute Gasteiger partial charge is 0.334 e. The molecule has 0 aliphatic carbocycles. The van der Waals surface area contributed by atoms with Gasteiger partial charge in [0.1, 0.15) is 0 Å². The number of nitrogens with two attached hydrogens (primary N) is 1. The molecule has 0 aliphatic heterocycles. The predicted octanol–water partition coefficient (Wildman–Crippen LogP) is 2.69. The van der Waals surface area contributed by atoms with Crippen molar-refractivity contribution in [3.63, 3.8) is 0 Å². The van der Waals surface area contributed by atoms with Gasteiger partial charge in [-0.15, -0.1) is 0 Å². The maximum atomic E-state index is 12.7. The molecule has 2 amide bonds. The molecule has 0 bridgehead atoms. The van der Waals surface area contributed by atoms with E-state index >= 15 is 0 Å². The van der Waals surface area contributed by atoms with Crippen molar-refractivity contribution in [2.24, 2.45) is 5.73 Å². The van der Waals surface area contributed by atoms with Crippen LogP contribution in [0.4, 0.5) is 10.5 Å². The average Bonchev–Trinajstić information content (AvgIpc) is 2.73. The number of aromatic nitrogens is 1. The van der Waals surface area contributed by atoms with Crippen LogP contribution in [0.1, 0.15) is 11.1 Å². The Morgan fingerprint density at radius 1 is 0.929 bits per heavy atom. The minimum Gasteiger partial charge on any atom is -0.334 e. The van der Waals surface area contributed by atoms with Crippen molar-refractivity contribution in [1.82, 2.24) is 10.3 Å². The van der Waals surface area contributed by atoms with Gasteiger partial charge in [-0.2, -0.15) is 0 Å². The Bertz CT molecular complexity index is 1040. The number of urea groups is 1. The molecule has 4 N–H and O–H groups in total. The van der Waals surface area contributed by atoms with Crippen LogP contribution in [0.5, 0.6) is 0 Å². The molecule has 2 aromatic carbocycles. The van der Waals surface area contributed by atoms with Crippen molar-refractivity contribution < 1.29 is 13.2 Å². The van der Waals surface area contributed by atoms with Crippen LogP contribution in [-0.4, -0.2) is 19.4 Å². The number of nitrogens with zero attached hydrogens (tertiary/aromatic N) is 1. The summed E-state index contributed by atoms with van der Waals surface area (Å²) in [5.74, 6) is 0. The molecular formula is C20H20N4O3S. The number of carbonyl (C=O) groups excluding carboxylic acids is 1. The summed E-state index contributed by atoms with van der Waals surface area (Å²) in [5, 5.41) is 5.38. The number of pyridine rings is 1. The van der Waals surface area contributed by atoms with Crippen LogP contribution in [0, 0.1) is 0 Å². The number of amides is 2. The molecule has 0 saturated carbocycles. The lowest BCUT2D eigenvalue weighted by atomic mass is 10.2. The lowest BCUT2D eigenvalue weighted by Gasteiger charge is -2.09. The molecule has 8 heteroatoms. The van der Waals surface area contributed by atoms with Crippen LogP contribution in [0.3, 0.4) is 0 Å². The molecule has 0 saturated heterocycles. The zero-order chi connectivity index (χ0) is 20.0. The molecule has 3 rings (SSSR count). The zero-order valence-electron chi connectivity index (χ0n) is 15.0. The van der Waals surface area contributed by atoms with E-state index in [4.69, 9.17) is 5.73 Å². The fourth-order valence-electron chi connectivity index (χ4n) is 2.52. The van der Waals surface area contributed by atoms with E-state index in [0.717, 1.165) is 11.1 Å². The highest BCUT2D eigenvalue weighted by atomic mass is 32.2. The van der Waals surface area contributed by atoms with Gasteiger partial charge in [-0.25, -0.2) is 13.2 Å². The van der Waals surface area contributed by atoms with Crippen molar-refractivity contribution in [2.75, 3.05) is 5.32 Å². The Kier molecular flexibility index (Phi) is 6.03. The zero-order valence-corrected chi connectivity index (χ0v) is 15.8. The highest BCUT2D eigenvalue weighted by molar-refractivity contribution is 7.91. The van der Waals surface area contributed by atoms with Gasteiger partial charge in [-0.05, 0) is 53.6 Å². The number of anilines is 1. The average molecular weight is 396 g/mol. The second-order valence-corrected chi connectivity index (χ2v) is 7.99. The van der Waals surface area contributed by atoms with Crippen LogP contribution >= 0.6 is 0 Å². The lowest BCUT2D eigenvalue weighted by molar-refractivity contribution is 0.251. The van der Waals surface area contributed by atoms with E-state index in [-0.39, 0.29) is 9.79 Å². The molecule has 0 atom stereocenters. The monoisotopic (exact) mass is 396 g/mol. The van der Waals surface area contributed by atoms with E-state index in [1.54, 1.807) is 42.7 Å². The summed E-state index contributed by atoms with van der Waals surface area (Å²) in [6, 6.07) is 15.7. The number of nitrogens with one attached hydrogen (secondary N) is 2. The van der Waals surface area contributed by atoms with Crippen LogP contribution < -0.4 is 16.4 Å². The van der Waals surface area contributed by atoms with E-state index in [0.29, 0.717) is 18.8 Å². The van der Waals surface area contributed by atoms with E-state index in [1.165, 1.54) is 24.3 Å². The Morgan fingerprint density at radius 3 is 2.14 bits per heavy atom. The molecule has 0 aliphatic rings. The van der Waals surface area contributed by atoms with Crippen molar-refractivity contribution in [1.29, 1.82) is 0 Å². The quantitative estimate of drug-likeness (QED) is 0.593. The molecule has 1 aromatic heterocycles. The third kappa shape index (κ3) is 4.73. The molecule has 144 valence electrons. The first-order valence-corrected chi connectivity index (χ1v) is 10.1. The fraction of sp³-hybridized carbons (Fsp3) is 0.100. The van der Waals surface area contributed by atoms with E-state index in [1.807, 2.05) is 6.07 Å². The van der Waals surface area contributed by atoms with Crippen molar-refractivity contribution in [2.45, 2.75) is 22.9 Å². The van der Waals surface area contributed by atoms with Crippen LogP contribution in [0.15, 0.2) is 82.8 Å². The number of rotatable bonds is 6. The van der Waals surface area contributed by atoms with Gasteiger partial charge in [0.25, 0.3) is 0 Å². The van der Waals surface area contributed by atoms with Gasteiger partial charge in [0.2, 0.25) is 9.84 Å². The summed E-state index contributed by atoms with van der Waals surface area (Å²) < 4.78 is 25.4. The second-order valence-electron chi connectivity index (χ2n) is 6.04. The van der Waals surface area contributed by atoms with Crippen molar-refractivity contribution >= 4 is 21.6 Å². The summed E-state index contributed by atoms with van der Waals surface area (Å²) in [6.45, 7) is 0.689. The first-order chi connectivity index (χ1) is 13.5. The van der Waals surface area contributed by atoms with Gasteiger partial charge in [0, 0.05) is 31.2 Å². The minimum atomic E-state index is -3.63. The van der Waals surface area contributed by atoms with E-state index in [9.17, 15) is 13.2 Å². The van der Waals surface area contributed by atoms with E-state index in [2.05, 4.69) is 15.6 Å². The minimum absolute atomic E-state index is 0.148. The SMILES string of the molecule is NCc1ccc(S(=O)(=O)c2ccc(NC(=O)NCc3cccnc3)cc2)cc1. The van der Waals surface area contributed by atoms with Gasteiger partial charge in [0.15, 0.2) is 0 Å². The van der Waals surface area contributed by atoms with Gasteiger partial charge in [-0.3, -0.25) is 4.98 Å². The summed E-state index contributed by atoms with van der Waals surface area (Å²) in [6.07, 6.45) is 3.33. The molecule has 7 nitrogen and oxygen atoms in total. The molecule has 0 fully saturated rings. The summed E-state index contributed by atoms with van der Waals surface area (Å²) in [7, 11) is -3.63. The number of carbonyl (C=O) groups is 1. The number of hydrogen-bond acceptors (Lipinski definition) is 5. The molecular weight excluding hydrogens is 376 g/mol. The first-order valence-electron chi connectivity index (χ1n) is 8.57. The highest BCUT2D eigenvalue weighted by Gasteiger charge is 2.17. The van der Waals surface area contributed by atoms with Crippen LogP contribution in [0.25, 0.3) is 0 Å². The summed E-state index contributed by atoms with van der Waals surface area (Å²) in [4.78, 5) is 16.3. The highest BCUT2D eigenvalue weighted by Crippen LogP contribution is 2.22. The summed E-state index contributed by atoms with van der Waals surface area (Å²) >= 11 is 0. The predicted molar refractivity (Wildman–Crippen MR) is 106 cm³/mol. The molecule has 28 heavy (non-hydrogen) atoms. The number of hydrogen-bond donors (Lipinski definition) is 3. The van der Waals surface area contributed by atoms with Gasteiger partial charge >= 0.3 is 6.03 Å². The standard InChI is InChI=1S/C20H20N4O3S/c21-12-15-3-7-18(8-4-15)28(26,27)19-9-5-17(6-10-19)24-20(25)23-14-16-2-1-11-22-13-16/h1-11,13H,12,14,21H2,(H2,23,24,25). The van der Waals surface area contributed by atoms with Crippen molar-refractivity contribution in [3.05, 3.63) is 84.2 Å². The Labute approximate surface area is 163 Å². The Hall–Kier alpha value is -3.23. The molecule has 0 unspecified atom stereocenters. The maximum absolute atomic E-state index is 12.7. The maximum Gasteiger partial charge on any atom is 0.319 e. The van der Waals surface area contributed by atoms with Gasteiger partial charge in [-0.1, -0.05) is 18.2 Å². The Balaban J connectivity index is 1.64. The molecule has 0 radical (unpaired) electrons.